The molecule has 0 saturated carbocycles. The second kappa shape index (κ2) is 5.66. The molecule has 0 aromatic heterocycles. The molecule has 4 nitrogen and oxygen atoms in total. The van der Waals surface area contributed by atoms with E-state index >= 15 is 0 Å². The zero-order valence-electron chi connectivity index (χ0n) is 10.9. The summed E-state index contributed by atoms with van der Waals surface area (Å²) in [6.07, 6.45) is 3.18. The summed E-state index contributed by atoms with van der Waals surface area (Å²) in [7, 11) is 2.48. The molecule has 0 aliphatic rings. The van der Waals surface area contributed by atoms with E-state index in [0.717, 1.165) is 0 Å². The zero-order chi connectivity index (χ0) is 13.7. The Kier molecular flexibility index (Phi) is 5.13. The molecule has 0 N–H and O–H groups in total. The number of hydrogen-bond donors (Lipinski definition) is 0. The lowest BCUT2D eigenvalue weighted by Crippen LogP contribution is -2.50. The Balaban J connectivity index is 5.89. The highest BCUT2D eigenvalue weighted by atomic mass is 16.5. The van der Waals surface area contributed by atoms with Crippen molar-refractivity contribution >= 4 is 11.9 Å². The SMILES string of the molecule is C=CCC(C(=O)OC)(C(=O)OC)C(C)(C)C=C. The summed E-state index contributed by atoms with van der Waals surface area (Å²) in [5.74, 6) is -1.29. The van der Waals surface area contributed by atoms with E-state index in [9.17, 15) is 9.59 Å². The van der Waals surface area contributed by atoms with Crippen molar-refractivity contribution < 1.29 is 19.1 Å². The van der Waals surface area contributed by atoms with Gasteiger partial charge in [-0.15, -0.1) is 13.2 Å². The number of allylic oxidation sites excluding steroid dienone is 2. The van der Waals surface area contributed by atoms with Crippen LogP contribution in [0.1, 0.15) is 20.3 Å². The fraction of sp³-hybridized carbons (Fsp3) is 0.538. The number of methoxy groups -OCH3 is 2. The molecule has 17 heavy (non-hydrogen) atoms. The van der Waals surface area contributed by atoms with E-state index in [1.54, 1.807) is 19.9 Å². The highest BCUT2D eigenvalue weighted by Gasteiger charge is 2.57. The third kappa shape index (κ3) is 2.40. The van der Waals surface area contributed by atoms with Gasteiger partial charge in [-0.05, 0) is 6.42 Å². The maximum atomic E-state index is 12.0. The second-order valence-electron chi connectivity index (χ2n) is 4.31. The average molecular weight is 240 g/mol. The summed E-state index contributed by atoms with van der Waals surface area (Å²) >= 11 is 0. The average Bonchev–Trinajstić information content (AvgIpc) is 2.33. The van der Waals surface area contributed by atoms with Gasteiger partial charge in [0.2, 0.25) is 0 Å². The van der Waals surface area contributed by atoms with Crippen LogP contribution in [0.15, 0.2) is 25.3 Å². The van der Waals surface area contributed by atoms with E-state index in [2.05, 4.69) is 13.2 Å². The molecular formula is C13H20O4. The highest BCUT2D eigenvalue weighted by molar-refractivity contribution is 6.01. The van der Waals surface area contributed by atoms with Crippen molar-refractivity contribution in [2.75, 3.05) is 14.2 Å². The van der Waals surface area contributed by atoms with Gasteiger partial charge in [-0.2, -0.15) is 0 Å². The van der Waals surface area contributed by atoms with Gasteiger partial charge >= 0.3 is 11.9 Å². The largest absolute Gasteiger partial charge is 0.468 e. The maximum Gasteiger partial charge on any atom is 0.324 e. The lowest BCUT2D eigenvalue weighted by molar-refractivity contribution is -0.176. The van der Waals surface area contributed by atoms with Crippen molar-refractivity contribution in [2.45, 2.75) is 20.3 Å². The molecule has 0 aromatic carbocycles. The van der Waals surface area contributed by atoms with Crippen molar-refractivity contribution in [3.05, 3.63) is 25.3 Å². The van der Waals surface area contributed by atoms with E-state index in [1.807, 2.05) is 0 Å². The van der Waals surface area contributed by atoms with Gasteiger partial charge in [0.25, 0.3) is 0 Å². The van der Waals surface area contributed by atoms with Crippen LogP contribution in [0.25, 0.3) is 0 Å². The predicted molar refractivity (Wildman–Crippen MR) is 65.3 cm³/mol. The van der Waals surface area contributed by atoms with Crippen LogP contribution < -0.4 is 0 Å². The Labute approximate surface area is 102 Å². The number of rotatable bonds is 6. The van der Waals surface area contributed by atoms with Crippen LogP contribution in [0.2, 0.25) is 0 Å². The molecule has 0 spiro atoms. The van der Waals surface area contributed by atoms with Crippen molar-refractivity contribution in [3.8, 4) is 0 Å². The number of carbonyl (C=O) groups excluding carboxylic acids is 2. The third-order valence-electron chi connectivity index (χ3n) is 3.13. The Morgan fingerprint density at radius 1 is 1.12 bits per heavy atom. The first kappa shape index (κ1) is 15.4. The molecule has 0 unspecified atom stereocenters. The zero-order valence-corrected chi connectivity index (χ0v) is 10.9. The van der Waals surface area contributed by atoms with Crippen LogP contribution in [0.4, 0.5) is 0 Å². The predicted octanol–water partition coefficient (Wildman–Crippen LogP) is 2.11. The van der Waals surface area contributed by atoms with Crippen molar-refractivity contribution in [3.63, 3.8) is 0 Å². The molecule has 0 aliphatic carbocycles. The molecule has 0 amide bonds. The lowest BCUT2D eigenvalue weighted by atomic mass is 9.63. The monoisotopic (exact) mass is 240 g/mol. The molecule has 0 radical (unpaired) electrons. The molecule has 0 fully saturated rings. The number of esters is 2. The molecule has 0 rings (SSSR count). The quantitative estimate of drug-likeness (QED) is 0.405. The summed E-state index contributed by atoms with van der Waals surface area (Å²) in [4.78, 5) is 24.0. The van der Waals surface area contributed by atoms with Crippen molar-refractivity contribution in [1.82, 2.24) is 0 Å². The number of ether oxygens (including phenoxy) is 2. The first-order valence-electron chi connectivity index (χ1n) is 5.25. The highest BCUT2D eigenvalue weighted by Crippen LogP contribution is 2.45. The van der Waals surface area contributed by atoms with Gasteiger partial charge in [0, 0.05) is 5.41 Å². The second-order valence-corrected chi connectivity index (χ2v) is 4.31. The minimum Gasteiger partial charge on any atom is -0.468 e. The molecule has 0 saturated heterocycles. The Bertz CT molecular complexity index is 312. The minimum absolute atomic E-state index is 0.130. The first-order valence-corrected chi connectivity index (χ1v) is 5.25. The minimum atomic E-state index is -1.44. The van der Waals surface area contributed by atoms with Gasteiger partial charge in [-0.3, -0.25) is 9.59 Å². The van der Waals surface area contributed by atoms with E-state index in [0.29, 0.717) is 0 Å². The standard InChI is InChI=1S/C13H20O4/c1-7-9-13(10(14)16-5,11(15)17-6)12(3,4)8-2/h7-8H,1-2,9H2,3-6H3. The molecule has 4 heteroatoms. The van der Waals surface area contributed by atoms with Gasteiger partial charge in [-0.1, -0.05) is 26.0 Å². The molecule has 96 valence electrons. The third-order valence-corrected chi connectivity index (χ3v) is 3.13. The Morgan fingerprint density at radius 2 is 1.53 bits per heavy atom. The van der Waals surface area contributed by atoms with E-state index < -0.39 is 22.8 Å². The van der Waals surface area contributed by atoms with Crippen LogP contribution in [-0.4, -0.2) is 26.2 Å². The Hall–Kier alpha value is -1.58. The molecule has 0 bridgehead atoms. The topological polar surface area (TPSA) is 52.6 Å². The molecule has 0 aromatic rings. The van der Waals surface area contributed by atoms with Crippen LogP contribution in [0, 0.1) is 10.8 Å². The molecular weight excluding hydrogens is 220 g/mol. The molecule has 0 aliphatic heterocycles. The van der Waals surface area contributed by atoms with Crippen LogP contribution >= 0.6 is 0 Å². The number of carbonyl (C=O) groups is 2. The van der Waals surface area contributed by atoms with Gasteiger partial charge in [-0.25, -0.2) is 0 Å². The summed E-state index contributed by atoms with van der Waals surface area (Å²) in [6, 6.07) is 0. The fourth-order valence-corrected chi connectivity index (χ4v) is 1.78. The summed E-state index contributed by atoms with van der Waals surface area (Å²) in [6.45, 7) is 10.7. The van der Waals surface area contributed by atoms with Gasteiger partial charge in [0.15, 0.2) is 5.41 Å². The van der Waals surface area contributed by atoms with Crippen LogP contribution in [0.3, 0.4) is 0 Å². The summed E-state index contributed by atoms with van der Waals surface area (Å²) < 4.78 is 9.49. The fourth-order valence-electron chi connectivity index (χ4n) is 1.78. The van der Waals surface area contributed by atoms with Crippen molar-refractivity contribution in [1.29, 1.82) is 0 Å². The normalized spacial score (nSPS) is 11.5. The smallest absolute Gasteiger partial charge is 0.324 e. The molecule has 0 atom stereocenters. The lowest BCUT2D eigenvalue weighted by Gasteiger charge is -2.39. The van der Waals surface area contributed by atoms with E-state index in [1.165, 1.54) is 20.3 Å². The van der Waals surface area contributed by atoms with Crippen molar-refractivity contribution in [2.24, 2.45) is 10.8 Å². The van der Waals surface area contributed by atoms with Gasteiger partial charge in [0.1, 0.15) is 0 Å². The maximum absolute atomic E-state index is 12.0. The van der Waals surface area contributed by atoms with Crippen LogP contribution in [0.5, 0.6) is 0 Å². The summed E-state index contributed by atoms with van der Waals surface area (Å²) in [5.41, 5.74) is -2.25. The summed E-state index contributed by atoms with van der Waals surface area (Å²) in [5, 5.41) is 0. The van der Waals surface area contributed by atoms with Gasteiger partial charge < -0.3 is 9.47 Å². The van der Waals surface area contributed by atoms with Crippen LogP contribution in [-0.2, 0) is 19.1 Å². The Morgan fingerprint density at radius 3 is 1.76 bits per heavy atom. The van der Waals surface area contributed by atoms with Gasteiger partial charge in [0.05, 0.1) is 14.2 Å². The van der Waals surface area contributed by atoms with E-state index in [4.69, 9.17) is 9.47 Å². The molecule has 0 heterocycles. The first-order chi connectivity index (χ1) is 7.83. The van der Waals surface area contributed by atoms with E-state index in [-0.39, 0.29) is 6.42 Å². The number of hydrogen-bond acceptors (Lipinski definition) is 4.